The third-order valence-corrected chi connectivity index (χ3v) is 3.24. The predicted octanol–water partition coefficient (Wildman–Crippen LogP) is 3.55. The van der Waals surface area contributed by atoms with Crippen LogP contribution in [0.2, 0.25) is 5.02 Å². The molecule has 1 aliphatic rings. The number of halogens is 1. The summed E-state index contributed by atoms with van der Waals surface area (Å²) in [5.74, 6) is 0.216. The van der Waals surface area contributed by atoms with Crippen LogP contribution in [-0.4, -0.2) is 11.1 Å². The third-order valence-electron chi connectivity index (χ3n) is 3.02. The number of carboxylic acids is 1. The lowest BCUT2D eigenvalue weighted by molar-refractivity contribution is 0.0696. The van der Waals surface area contributed by atoms with E-state index in [1.165, 1.54) is 18.9 Å². The van der Waals surface area contributed by atoms with Gasteiger partial charge in [-0.15, -0.1) is 0 Å². The van der Waals surface area contributed by atoms with Gasteiger partial charge >= 0.3 is 5.97 Å². The molecule has 1 atom stereocenters. The highest BCUT2D eigenvalue weighted by atomic mass is 35.5. The maximum absolute atomic E-state index is 10.9. The second-order valence-corrected chi connectivity index (χ2v) is 4.64. The van der Waals surface area contributed by atoms with Crippen molar-refractivity contribution in [1.82, 2.24) is 0 Å². The second-order valence-electron chi connectivity index (χ2n) is 4.20. The first-order valence-electron chi connectivity index (χ1n) is 5.11. The summed E-state index contributed by atoms with van der Waals surface area (Å²) in [4.78, 5) is 10.9. The second kappa shape index (κ2) is 3.86. The highest BCUT2D eigenvalue weighted by Crippen LogP contribution is 2.42. The summed E-state index contributed by atoms with van der Waals surface area (Å²) < 4.78 is 0. The molecular formula is C12H13ClO2. The quantitative estimate of drug-likeness (QED) is 0.853. The van der Waals surface area contributed by atoms with E-state index in [0.29, 0.717) is 16.9 Å². The van der Waals surface area contributed by atoms with Gasteiger partial charge in [-0.05, 0) is 48.4 Å². The van der Waals surface area contributed by atoms with Gasteiger partial charge in [0, 0.05) is 5.02 Å². The number of hydrogen-bond acceptors (Lipinski definition) is 1. The Morgan fingerprint density at radius 1 is 1.47 bits per heavy atom. The van der Waals surface area contributed by atoms with Crippen molar-refractivity contribution in [2.24, 2.45) is 5.92 Å². The van der Waals surface area contributed by atoms with E-state index in [-0.39, 0.29) is 5.56 Å². The molecule has 1 unspecified atom stereocenters. The van der Waals surface area contributed by atoms with E-state index < -0.39 is 5.97 Å². The van der Waals surface area contributed by atoms with E-state index in [0.717, 1.165) is 5.56 Å². The number of aromatic carboxylic acids is 1. The van der Waals surface area contributed by atoms with Gasteiger partial charge < -0.3 is 5.11 Å². The van der Waals surface area contributed by atoms with Crippen LogP contribution in [0.3, 0.4) is 0 Å². The number of carboxylic acid groups (broad SMARTS) is 1. The number of carbonyl (C=O) groups is 1. The minimum atomic E-state index is -0.915. The van der Waals surface area contributed by atoms with Crippen LogP contribution >= 0.6 is 11.6 Å². The standard InChI is InChI=1S/C12H13ClO2/c1-7(8-2-3-8)9-4-10(12(14)15)6-11(13)5-9/h4-8H,2-3H2,1H3,(H,14,15). The summed E-state index contributed by atoms with van der Waals surface area (Å²) in [6.07, 6.45) is 2.49. The Bertz CT molecular complexity index is 397. The van der Waals surface area contributed by atoms with Crippen molar-refractivity contribution in [3.63, 3.8) is 0 Å². The Balaban J connectivity index is 2.33. The zero-order chi connectivity index (χ0) is 11.0. The first-order valence-corrected chi connectivity index (χ1v) is 5.49. The fraction of sp³-hybridized carbons (Fsp3) is 0.417. The highest BCUT2D eigenvalue weighted by Gasteiger charge is 2.29. The van der Waals surface area contributed by atoms with Crippen LogP contribution in [0.25, 0.3) is 0 Å². The van der Waals surface area contributed by atoms with E-state index in [1.54, 1.807) is 6.07 Å². The Hall–Kier alpha value is -1.02. The first kappa shape index (κ1) is 10.5. The highest BCUT2D eigenvalue weighted by molar-refractivity contribution is 6.31. The van der Waals surface area contributed by atoms with Crippen molar-refractivity contribution in [2.45, 2.75) is 25.7 Å². The van der Waals surface area contributed by atoms with E-state index >= 15 is 0 Å². The van der Waals surface area contributed by atoms with Crippen LogP contribution in [0.4, 0.5) is 0 Å². The molecule has 15 heavy (non-hydrogen) atoms. The van der Waals surface area contributed by atoms with Gasteiger partial charge in [-0.25, -0.2) is 4.79 Å². The molecule has 0 amide bonds. The third kappa shape index (κ3) is 2.32. The summed E-state index contributed by atoms with van der Waals surface area (Å²) in [5.41, 5.74) is 1.33. The fourth-order valence-corrected chi connectivity index (χ4v) is 2.11. The molecule has 0 saturated heterocycles. The van der Waals surface area contributed by atoms with Crippen LogP contribution in [0.15, 0.2) is 18.2 Å². The van der Waals surface area contributed by atoms with Gasteiger partial charge in [-0.2, -0.15) is 0 Å². The van der Waals surface area contributed by atoms with Gasteiger partial charge in [0.05, 0.1) is 5.56 Å². The molecule has 1 aromatic rings. The molecular weight excluding hydrogens is 212 g/mol. The van der Waals surface area contributed by atoms with Crippen molar-refractivity contribution in [1.29, 1.82) is 0 Å². The molecule has 1 fully saturated rings. The summed E-state index contributed by atoms with van der Waals surface area (Å²) in [5, 5.41) is 9.42. The van der Waals surface area contributed by atoms with Crippen molar-refractivity contribution < 1.29 is 9.90 Å². The van der Waals surface area contributed by atoms with Crippen LogP contribution < -0.4 is 0 Å². The smallest absolute Gasteiger partial charge is 0.335 e. The molecule has 80 valence electrons. The lowest BCUT2D eigenvalue weighted by Gasteiger charge is -2.11. The Labute approximate surface area is 93.9 Å². The average Bonchev–Trinajstić information content (AvgIpc) is 2.98. The SMILES string of the molecule is CC(c1cc(Cl)cc(C(=O)O)c1)C1CC1. The van der Waals surface area contributed by atoms with Gasteiger partial charge in [0.2, 0.25) is 0 Å². The predicted molar refractivity (Wildman–Crippen MR) is 59.6 cm³/mol. The maximum Gasteiger partial charge on any atom is 0.335 e. The lowest BCUT2D eigenvalue weighted by atomic mass is 9.95. The molecule has 3 heteroatoms. The molecule has 2 rings (SSSR count). The summed E-state index contributed by atoms with van der Waals surface area (Å²) in [6.45, 7) is 2.13. The van der Waals surface area contributed by atoms with Crippen LogP contribution in [0, 0.1) is 5.92 Å². The Morgan fingerprint density at radius 3 is 2.67 bits per heavy atom. The molecule has 0 heterocycles. The zero-order valence-electron chi connectivity index (χ0n) is 8.53. The van der Waals surface area contributed by atoms with Gasteiger partial charge in [0.15, 0.2) is 0 Å². The Kier molecular flexibility index (Phi) is 2.70. The molecule has 2 nitrogen and oxygen atoms in total. The molecule has 0 aliphatic heterocycles. The van der Waals surface area contributed by atoms with Crippen molar-refractivity contribution in [3.8, 4) is 0 Å². The van der Waals surface area contributed by atoms with Crippen LogP contribution in [-0.2, 0) is 0 Å². The van der Waals surface area contributed by atoms with E-state index in [4.69, 9.17) is 16.7 Å². The largest absolute Gasteiger partial charge is 0.478 e. The van der Waals surface area contributed by atoms with E-state index in [9.17, 15) is 4.79 Å². The first-order chi connectivity index (χ1) is 7.08. The monoisotopic (exact) mass is 224 g/mol. The zero-order valence-corrected chi connectivity index (χ0v) is 9.29. The van der Waals surface area contributed by atoms with Crippen molar-refractivity contribution >= 4 is 17.6 Å². The van der Waals surface area contributed by atoms with Crippen molar-refractivity contribution in [2.75, 3.05) is 0 Å². The normalized spacial score (nSPS) is 17.5. The van der Waals surface area contributed by atoms with Crippen LogP contribution in [0.1, 0.15) is 41.6 Å². The van der Waals surface area contributed by atoms with Crippen LogP contribution in [0.5, 0.6) is 0 Å². The minimum Gasteiger partial charge on any atom is -0.478 e. The number of hydrogen-bond donors (Lipinski definition) is 1. The average molecular weight is 225 g/mol. The summed E-state index contributed by atoms with van der Waals surface area (Å²) >= 11 is 5.90. The molecule has 1 saturated carbocycles. The lowest BCUT2D eigenvalue weighted by Crippen LogP contribution is -2.01. The fourth-order valence-electron chi connectivity index (χ4n) is 1.87. The molecule has 1 aliphatic carbocycles. The van der Waals surface area contributed by atoms with Crippen molar-refractivity contribution in [3.05, 3.63) is 34.3 Å². The van der Waals surface area contributed by atoms with E-state index in [1.807, 2.05) is 6.07 Å². The number of rotatable bonds is 3. The molecule has 0 bridgehead atoms. The van der Waals surface area contributed by atoms with Gasteiger partial charge in [0.25, 0.3) is 0 Å². The molecule has 0 spiro atoms. The van der Waals surface area contributed by atoms with E-state index in [2.05, 4.69) is 6.92 Å². The maximum atomic E-state index is 10.9. The Morgan fingerprint density at radius 2 is 2.13 bits per heavy atom. The van der Waals surface area contributed by atoms with Gasteiger partial charge in [-0.1, -0.05) is 18.5 Å². The number of benzene rings is 1. The topological polar surface area (TPSA) is 37.3 Å². The molecule has 1 N–H and O–H groups in total. The molecule has 1 aromatic carbocycles. The summed E-state index contributed by atoms with van der Waals surface area (Å²) in [6, 6.07) is 5.10. The minimum absolute atomic E-state index is 0.282. The summed E-state index contributed by atoms with van der Waals surface area (Å²) in [7, 11) is 0. The van der Waals surface area contributed by atoms with Gasteiger partial charge in [0.1, 0.15) is 0 Å². The van der Waals surface area contributed by atoms with Gasteiger partial charge in [-0.3, -0.25) is 0 Å². The molecule has 0 radical (unpaired) electrons. The molecule has 0 aromatic heterocycles.